The monoisotopic (exact) mass is 221 g/mol. The minimum atomic E-state index is 0.884. The summed E-state index contributed by atoms with van der Waals surface area (Å²) in [4.78, 5) is 0. The fourth-order valence-corrected chi connectivity index (χ4v) is 2.43. The summed E-state index contributed by atoms with van der Waals surface area (Å²) in [5.41, 5.74) is 0. The number of unbranched alkanes of at least 4 members (excludes halogenated alkanes) is 1. The van der Waals surface area contributed by atoms with Gasteiger partial charge in [0.2, 0.25) is 0 Å². The van der Waals surface area contributed by atoms with Gasteiger partial charge in [-0.25, -0.2) is 4.68 Å². The molecule has 1 N–H and O–H groups in total. The third-order valence-corrected chi connectivity index (χ3v) is 3.49. The topological polar surface area (TPSA) is 29.9 Å². The van der Waals surface area contributed by atoms with Gasteiger partial charge in [0.05, 0.1) is 6.20 Å². The lowest BCUT2D eigenvalue weighted by Crippen LogP contribution is -2.14. The molecule has 3 heteroatoms. The highest BCUT2D eigenvalue weighted by atomic mass is 15.3. The summed E-state index contributed by atoms with van der Waals surface area (Å²) in [5.74, 6) is 2.08. The molecule has 1 aromatic heterocycles. The minimum absolute atomic E-state index is 0.884. The van der Waals surface area contributed by atoms with Gasteiger partial charge < -0.3 is 5.32 Å². The van der Waals surface area contributed by atoms with E-state index in [1.165, 1.54) is 44.3 Å². The number of hydrogen-bond acceptors (Lipinski definition) is 2. The summed E-state index contributed by atoms with van der Waals surface area (Å²) in [7, 11) is 0. The van der Waals surface area contributed by atoms with Crippen LogP contribution in [0.15, 0.2) is 12.3 Å². The van der Waals surface area contributed by atoms with Crippen LogP contribution in [0.4, 0.5) is 5.82 Å². The molecule has 16 heavy (non-hydrogen) atoms. The number of hydrogen-bond donors (Lipinski definition) is 1. The Morgan fingerprint density at radius 1 is 1.44 bits per heavy atom. The van der Waals surface area contributed by atoms with Gasteiger partial charge in [0.25, 0.3) is 0 Å². The van der Waals surface area contributed by atoms with Gasteiger partial charge in [0, 0.05) is 19.2 Å². The molecule has 1 aliphatic carbocycles. The second-order valence-corrected chi connectivity index (χ2v) is 4.82. The molecule has 1 saturated carbocycles. The van der Waals surface area contributed by atoms with E-state index < -0.39 is 0 Å². The van der Waals surface area contributed by atoms with Gasteiger partial charge in [-0.1, -0.05) is 26.2 Å². The summed E-state index contributed by atoms with van der Waals surface area (Å²) in [5, 5.41) is 7.90. The Labute approximate surface area is 98.2 Å². The SMILES string of the molecule is CCCCn1nccc1NCC1CCCC1. The van der Waals surface area contributed by atoms with Crippen LogP contribution in [-0.4, -0.2) is 16.3 Å². The van der Waals surface area contributed by atoms with E-state index in [0.717, 1.165) is 19.0 Å². The van der Waals surface area contributed by atoms with E-state index in [1.807, 2.05) is 6.20 Å². The second-order valence-electron chi connectivity index (χ2n) is 4.82. The number of nitrogens with one attached hydrogen (secondary N) is 1. The number of aromatic nitrogens is 2. The lowest BCUT2D eigenvalue weighted by molar-refractivity contribution is 0.555. The summed E-state index contributed by atoms with van der Waals surface area (Å²) < 4.78 is 2.10. The molecule has 0 amide bonds. The van der Waals surface area contributed by atoms with E-state index >= 15 is 0 Å². The Bertz CT molecular complexity index is 300. The van der Waals surface area contributed by atoms with Gasteiger partial charge in [0.15, 0.2) is 0 Å². The van der Waals surface area contributed by atoms with Crippen LogP contribution in [0, 0.1) is 5.92 Å². The van der Waals surface area contributed by atoms with Gasteiger partial charge in [-0.3, -0.25) is 0 Å². The highest BCUT2D eigenvalue weighted by Crippen LogP contribution is 2.24. The molecule has 0 aromatic carbocycles. The lowest BCUT2D eigenvalue weighted by Gasteiger charge is -2.13. The first-order valence-corrected chi connectivity index (χ1v) is 6.66. The zero-order chi connectivity index (χ0) is 11.2. The third-order valence-electron chi connectivity index (χ3n) is 3.49. The molecule has 1 heterocycles. The quantitative estimate of drug-likeness (QED) is 0.799. The van der Waals surface area contributed by atoms with Gasteiger partial charge in [-0.05, 0) is 25.2 Å². The number of nitrogens with zero attached hydrogens (tertiary/aromatic N) is 2. The lowest BCUT2D eigenvalue weighted by atomic mass is 10.1. The molecule has 0 atom stereocenters. The first-order valence-electron chi connectivity index (χ1n) is 6.66. The predicted octanol–water partition coefficient (Wildman–Crippen LogP) is 3.29. The van der Waals surface area contributed by atoms with Crippen LogP contribution >= 0.6 is 0 Å². The van der Waals surface area contributed by atoms with Crippen LogP contribution in [0.5, 0.6) is 0 Å². The summed E-state index contributed by atoms with van der Waals surface area (Å²) in [6.07, 6.45) is 9.96. The van der Waals surface area contributed by atoms with E-state index in [9.17, 15) is 0 Å². The van der Waals surface area contributed by atoms with Crippen molar-refractivity contribution in [2.45, 2.75) is 52.0 Å². The zero-order valence-corrected chi connectivity index (χ0v) is 10.3. The van der Waals surface area contributed by atoms with Gasteiger partial charge in [-0.2, -0.15) is 5.10 Å². The van der Waals surface area contributed by atoms with Crippen LogP contribution in [0.1, 0.15) is 45.4 Å². The molecule has 0 aliphatic heterocycles. The van der Waals surface area contributed by atoms with Crippen LogP contribution in [0.3, 0.4) is 0 Å². The highest BCUT2D eigenvalue weighted by molar-refractivity contribution is 5.33. The van der Waals surface area contributed by atoms with E-state index in [0.29, 0.717) is 0 Å². The number of anilines is 1. The van der Waals surface area contributed by atoms with Gasteiger partial charge in [-0.15, -0.1) is 0 Å². The molecule has 0 saturated heterocycles. The van der Waals surface area contributed by atoms with E-state index in [2.05, 4.69) is 28.1 Å². The molecule has 2 rings (SSSR count). The molecule has 1 aliphatic rings. The van der Waals surface area contributed by atoms with Crippen molar-refractivity contribution in [1.29, 1.82) is 0 Å². The van der Waals surface area contributed by atoms with Crippen LogP contribution in [0.2, 0.25) is 0 Å². The molecule has 0 radical (unpaired) electrons. The fraction of sp³-hybridized carbons (Fsp3) is 0.769. The van der Waals surface area contributed by atoms with Crippen molar-refractivity contribution in [1.82, 2.24) is 9.78 Å². The van der Waals surface area contributed by atoms with E-state index in [-0.39, 0.29) is 0 Å². The van der Waals surface area contributed by atoms with Crippen molar-refractivity contribution in [3.8, 4) is 0 Å². The molecule has 3 nitrogen and oxygen atoms in total. The third kappa shape index (κ3) is 3.00. The first kappa shape index (κ1) is 11.5. The van der Waals surface area contributed by atoms with Crippen molar-refractivity contribution in [2.24, 2.45) is 5.92 Å². The average Bonchev–Trinajstić information content (AvgIpc) is 2.94. The maximum atomic E-state index is 4.35. The largest absolute Gasteiger partial charge is 0.370 e. The molecule has 90 valence electrons. The zero-order valence-electron chi connectivity index (χ0n) is 10.3. The summed E-state index contributed by atoms with van der Waals surface area (Å²) >= 11 is 0. The Kier molecular flexibility index (Phi) is 4.25. The smallest absolute Gasteiger partial charge is 0.124 e. The van der Waals surface area contributed by atoms with Crippen LogP contribution in [-0.2, 0) is 6.54 Å². The van der Waals surface area contributed by atoms with Crippen molar-refractivity contribution in [3.05, 3.63) is 12.3 Å². The summed E-state index contributed by atoms with van der Waals surface area (Å²) in [6.45, 7) is 4.38. The molecular weight excluding hydrogens is 198 g/mol. The average molecular weight is 221 g/mol. The van der Waals surface area contributed by atoms with Gasteiger partial charge >= 0.3 is 0 Å². The predicted molar refractivity (Wildman–Crippen MR) is 67.6 cm³/mol. The van der Waals surface area contributed by atoms with Crippen LogP contribution in [0.25, 0.3) is 0 Å². The molecule has 0 unspecified atom stereocenters. The number of rotatable bonds is 6. The van der Waals surface area contributed by atoms with Gasteiger partial charge in [0.1, 0.15) is 5.82 Å². The van der Waals surface area contributed by atoms with Crippen LogP contribution < -0.4 is 5.32 Å². The maximum Gasteiger partial charge on any atom is 0.124 e. The summed E-state index contributed by atoms with van der Waals surface area (Å²) in [6, 6.07) is 2.09. The Balaban J connectivity index is 1.80. The maximum absolute atomic E-state index is 4.35. The van der Waals surface area contributed by atoms with Crippen molar-refractivity contribution >= 4 is 5.82 Å². The molecule has 1 fully saturated rings. The van der Waals surface area contributed by atoms with E-state index in [4.69, 9.17) is 0 Å². The molecule has 1 aromatic rings. The van der Waals surface area contributed by atoms with E-state index in [1.54, 1.807) is 0 Å². The van der Waals surface area contributed by atoms with Crippen molar-refractivity contribution in [3.63, 3.8) is 0 Å². The normalized spacial score (nSPS) is 16.8. The standard InChI is InChI=1S/C13H23N3/c1-2-3-10-16-13(8-9-15-16)14-11-12-6-4-5-7-12/h8-9,12,14H,2-7,10-11H2,1H3. The molecule has 0 spiro atoms. The second kappa shape index (κ2) is 5.92. The molecular formula is C13H23N3. The minimum Gasteiger partial charge on any atom is -0.370 e. The fourth-order valence-electron chi connectivity index (χ4n) is 2.43. The first-order chi connectivity index (χ1) is 7.90. The highest BCUT2D eigenvalue weighted by Gasteiger charge is 2.14. The van der Waals surface area contributed by atoms with Crippen molar-refractivity contribution < 1.29 is 0 Å². The van der Waals surface area contributed by atoms with Crippen molar-refractivity contribution in [2.75, 3.05) is 11.9 Å². The Morgan fingerprint density at radius 3 is 3.00 bits per heavy atom. The Hall–Kier alpha value is -0.990. The number of aryl methyl sites for hydroxylation is 1. The molecule has 0 bridgehead atoms. The Morgan fingerprint density at radius 2 is 2.25 bits per heavy atom.